The van der Waals surface area contributed by atoms with Gasteiger partial charge in [0.1, 0.15) is 0 Å². The van der Waals surface area contributed by atoms with Crippen LogP contribution in [-0.4, -0.2) is 49.5 Å². The van der Waals surface area contributed by atoms with Crippen molar-refractivity contribution in [3.63, 3.8) is 0 Å². The van der Waals surface area contributed by atoms with Crippen molar-refractivity contribution in [3.8, 4) is 5.88 Å². The highest BCUT2D eigenvalue weighted by Crippen LogP contribution is 2.27. The first kappa shape index (κ1) is 16.7. The summed E-state index contributed by atoms with van der Waals surface area (Å²) in [6.07, 6.45) is 1.97. The quantitative estimate of drug-likeness (QED) is 0.701. The molecule has 0 aromatic carbocycles. The number of likely N-dealkylation sites (tertiary alicyclic amines) is 1. The largest absolute Gasteiger partial charge is 0.480 e. The van der Waals surface area contributed by atoms with Crippen molar-refractivity contribution in [2.45, 2.75) is 25.3 Å². The van der Waals surface area contributed by atoms with Crippen molar-refractivity contribution in [3.05, 3.63) is 52.2 Å². The number of ether oxygens (including phenoxy) is 1. The number of methoxy groups -OCH3 is 1. The van der Waals surface area contributed by atoms with Crippen LogP contribution in [0.15, 0.2) is 35.1 Å². The Labute approximate surface area is 151 Å². The Hall–Kier alpha value is -2.74. The molecule has 0 saturated carbocycles. The second kappa shape index (κ2) is 6.87. The van der Waals surface area contributed by atoms with E-state index in [1.165, 1.54) is 0 Å². The maximum Gasteiger partial charge on any atom is 0.250 e. The number of aromatic nitrogens is 5. The predicted octanol–water partition coefficient (Wildman–Crippen LogP) is 1.21. The SMILES string of the molecule is COc1ccc2nnc(C3CCN(Cc4cccc(=O)n4C)CC3)n2n1. The highest BCUT2D eigenvalue weighted by molar-refractivity contribution is 5.38. The molecule has 1 aliphatic heterocycles. The van der Waals surface area contributed by atoms with Gasteiger partial charge in [0.2, 0.25) is 11.4 Å². The van der Waals surface area contributed by atoms with Crippen molar-refractivity contribution in [2.24, 2.45) is 7.05 Å². The molecule has 1 saturated heterocycles. The van der Waals surface area contributed by atoms with Gasteiger partial charge in [-0.15, -0.1) is 15.3 Å². The van der Waals surface area contributed by atoms with Crippen LogP contribution < -0.4 is 10.3 Å². The normalized spacial score (nSPS) is 16.2. The zero-order valence-corrected chi connectivity index (χ0v) is 15.0. The smallest absolute Gasteiger partial charge is 0.250 e. The minimum absolute atomic E-state index is 0.0346. The van der Waals surface area contributed by atoms with Gasteiger partial charge in [-0.3, -0.25) is 9.69 Å². The van der Waals surface area contributed by atoms with Crippen LogP contribution in [0.3, 0.4) is 0 Å². The topological polar surface area (TPSA) is 77.6 Å². The molecule has 3 aromatic heterocycles. The van der Waals surface area contributed by atoms with Gasteiger partial charge in [-0.2, -0.15) is 4.52 Å². The van der Waals surface area contributed by atoms with E-state index >= 15 is 0 Å². The van der Waals surface area contributed by atoms with E-state index in [0.717, 1.165) is 49.6 Å². The molecule has 0 amide bonds. The molecular formula is C18H22N6O2. The zero-order chi connectivity index (χ0) is 18.1. The summed E-state index contributed by atoms with van der Waals surface area (Å²) >= 11 is 0. The minimum Gasteiger partial charge on any atom is -0.480 e. The number of hydrogen-bond donors (Lipinski definition) is 0. The first-order valence-electron chi connectivity index (χ1n) is 8.79. The molecule has 1 fully saturated rings. The molecule has 4 heterocycles. The number of hydrogen-bond acceptors (Lipinski definition) is 6. The summed E-state index contributed by atoms with van der Waals surface area (Å²) < 4.78 is 8.72. The number of piperidine rings is 1. The Morgan fingerprint density at radius 2 is 1.96 bits per heavy atom. The standard InChI is InChI=1S/C18H22N6O2/c1-22-14(4-3-5-17(22)25)12-23-10-8-13(9-11-23)18-20-19-15-6-7-16(26-2)21-24(15)18/h3-7,13H,8-12H2,1-2H3. The van der Waals surface area contributed by atoms with Crippen molar-refractivity contribution in [2.75, 3.05) is 20.2 Å². The summed E-state index contributed by atoms with van der Waals surface area (Å²) in [6, 6.07) is 9.09. The summed E-state index contributed by atoms with van der Waals surface area (Å²) in [5.74, 6) is 1.77. The molecule has 0 spiro atoms. The first-order chi connectivity index (χ1) is 12.7. The molecule has 8 nitrogen and oxygen atoms in total. The Balaban J connectivity index is 1.47. The van der Waals surface area contributed by atoms with Crippen LogP contribution in [0, 0.1) is 0 Å². The number of pyridine rings is 1. The van der Waals surface area contributed by atoms with Crippen molar-refractivity contribution < 1.29 is 4.74 Å². The van der Waals surface area contributed by atoms with E-state index in [1.54, 1.807) is 28.3 Å². The van der Waals surface area contributed by atoms with Gasteiger partial charge < -0.3 is 9.30 Å². The minimum atomic E-state index is 0.0346. The summed E-state index contributed by atoms with van der Waals surface area (Å²) in [5, 5.41) is 13.0. The van der Waals surface area contributed by atoms with Crippen LogP contribution in [0.2, 0.25) is 0 Å². The summed E-state index contributed by atoms with van der Waals surface area (Å²) in [7, 11) is 3.43. The van der Waals surface area contributed by atoms with Gasteiger partial charge in [-0.25, -0.2) is 0 Å². The lowest BCUT2D eigenvalue weighted by atomic mass is 9.96. The fourth-order valence-corrected chi connectivity index (χ4v) is 3.50. The van der Waals surface area contributed by atoms with Gasteiger partial charge >= 0.3 is 0 Å². The monoisotopic (exact) mass is 354 g/mol. The van der Waals surface area contributed by atoms with Crippen LogP contribution >= 0.6 is 0 Å². The van der Waals surface area contributed by atoms with Crippen LogP contribution in [0.1, 0.15) is 30.3 Å². The Morgan fingerprint density at radius 3 is 2.73 bits per heavy atom. The summed E-state index contributed by atoms with van der Waals surface area (Å²) in [5.41, 5.74) is 1.81. The fraction of sp³-hybridized carbons (Fsp3) is 0.444. The first-order valence-corrected chi connectivity index (χ1v) is 8.79. The van der Waals surface area contributed by atoms with Crippen molar-refractivity contribution in [1.82, 2.24) is 29.3 Å². The maximum absolute atomic E-state index is 11.8. The van der Waals surface area contributed by atoms with E-state index in [9.17, 15) is 4.79 Å². The molecular weight excluding hydrogens is 332 g/mol. The van der Waals surface area contributed by atoms with Crippen LogP contribution in [0.4, 0.5) is 0 Å². The third-order valence-electron chi connectivity index (χ3n) is 5.10. The van der Waals surface area contributed by atoms with Gasteiger partial charge in [0.05, 0.1) is 7.11 Å². The molecule has 26 heavy (non-hydrogen) atoms. The van der Waals surface area contributed by atoms with E-state index in [4.69, 9.17) is 4.74 Å². The molecule has 0 atom stereocenters. The van der Waals surface area contributed by atoms with Crippen molar-refractivity contribution >= 4 is 5.65 Å². The van der Waals surface area contributed by atoms with Gasteiger partial charge in [0, 0.05) is 37.3 Å². The third kappa shape index (κ3) is 3.08. The van der Waals surface area contributed by atoms with Gasteiger partial charge in [-0.05, 0) is 38.1 Å². The van der Waals surface area contributed by atoms with Gasteiger partial charge in [-0.1, -0.05) is 6.07 Å². The average molecular weight is 354 g/mol. The maximum atomic E-state index is 11.8. The van der Waals surface area contributed by atoms with E-state index in [1.807, 2.05) is 25.2 Å². The second-order valence-corrected chi connectivity index (χ2v) is 6.67. The molecule has 1 aliphatic rings. The molecule has 4 rings (SSSR count). The molecule has 0 aliphatic carbocycles. The molecule has 8 heteroatoms. The van der Waals surface area contributed by atoms with E-state index < -0.39 is 0 Å². The van der Waals surface area contributed by atoms with Crippen molar-refractivity contribution in [1.29, 1.82) is 0 Å². The Morgan fingerprint density at radius 1 is 1.15 bits per heavy atom. The number of nitrogens with zero attached hydrogens (tertiary/aromatic N) is 6. The lowest BCUT2D eigenvalue weighted by molar-refractivity contribution is 0.196. The molecule has 0 bridgehead atoms. The van der Waals surface area contributed by atoms with Gasteiger partial charge in [0.15, 0.2) is 11.5 Å². The highest BCUT2D eigenvalue weighted by atomic mass is 16.5. The number of fused-ring (bicyclic) bond motifs is 1. The highest BCUT2D eigenvalue weighted by Gasteiger charge is 2.25. The lowest BCUT2D eigenvalue weighted by Crippen LogP contribution is -2.34. The second-order valence-electron chi connectivity index (χ2n) is 6.67. The zero-order valence-electron chi connectivity index (χ0n) is 15.0. The molecule has 3 aromatic rings. The lowest BCUT2D eigenvalue weighted by Gasteiger charge is -2.31. The third-order valence-corrected chi connectivity index (χ3v) is 5.10. The van der Waals surface area contributed by atoms with E-state index in [-0.39, 0.29) is 5.56 Å². The fourth-order valence-electron chi connectivity index (χ4n) is 3.50. The molecule has 136 valence electrons. The van der Waals surface area contributed by atoms with E-state index in [0.29, 0.717) is 11.8 Å². The Kier molecular flexibility index (Phi) is 4.42. The van der Waals surface area contributed by atoms with Crippen LogP contribution in [0.25, 0.3) is 5.65 Å². The molecule has 0 N–H and O–H groups in total. The number of rotatable bonds is 4. The summed E-state index contributed by atoms with van der Waals surface area (Å²) in [4.78, 5) is 14.2. The van der Waals surface area contributed by atoms with Gasteiger partial charge in [0.25, 0.3) is 0 Å². The molecule has 0 unspecified atom stereocenters. The van der Waals surface area contributed by atoms with Crippen LogP contribution in [0.5, 0.6) is 5.88 Å². The van der Waals surface area contributed by atoms with E-state index in [2.05, 4.69) is 20.2 Å². The van der Waals surface area contributed by atoms with Crippen LogP contribution in [-0.2, 0) is 13.6 Å². The molecule has 0 radical (unpaired) electrons. The summed E-state index contributed by atoms with van der Waals surface area (Å²) in [6.45, 7) is 2.69. The Bertz CT molecular complexity index is 971. The predicted molar refractivity (Wildman–Crippen MR) is 96.3 cm³/mol. The average Bonchev–Trinajstić information content (AvgIpc) is 3.09.